The first-order chi connectivity index (χ1) is 13.3. The minimum atomic E-state index is -4.11. The molecule has 0 bridgehead atoms. The zero-order valence-corrected chi connectivity index (χ0v) is 17.1. The van der Waals surface area contributed by atoms with Crippen LogP contribution in [0.2, 0.25) is 5.02 Å². The minimum absolute atomic E-state index is 0.0157. The lowest BCUT2D eigenvalue weighted by Gasteiger charge is -2.23. The van der Waals surface area contributed by atoms with Gasteiger partial charge in [0.25, 0.3) is 10.0 Å². The van der Waals surface area contributed by atoms with Gasteiger partial charge in [0.05, 0.1) is 5.69 Å². The number of hydrogen-bond donors (Lipinski definition) is 1. The van der Waals surface area contributed by atoms with E-state index in [9.17, 15) is 17.6 Å². The Morgan fingerprint density at radius 2 is 1.93 bits per heavy atom. The number of carbonyl (C=O) groups is 1. The molecule has 2 aromatic carbocycles. The third-order valence-electron chi connectivity index (χ3n) is 3.90. The summed E-state index contributed by atoms with van der Waals surface area (Å²) in [7, 11) is -4.11. The summed E-state index contributed by atoms with van der Waals surface area (Å²) in [5.41, 5.74) is 1.06. The van der Waals surface area contributed by atoms with Gasteiger partial charge >= 0.3 is 0 Å². The SMILES string of the molecule is Cc1ccc(NC(=O)CN(c2ccccc2F)S(=O)(=O)c2cccs2)cc1Cl. The number of anilines is 2. The van der Waals surface area contributed by atoms with E-state index in [0.717, 1.165) is 27.3 Å². The number of thiophene rings is 1. The number of sulfonamides is 1. The van der Waals surface area contributed by atoms with E-state index < -0.39 is 28.3 Å². The average molecular weight is 439 g/mol. The van der Waals surface area contributed by atoms with Crippen LogP contribution in [0, 0.1) is 12.7 Å². The highest BCUT2D eigenvalue weighted by Gasteiger charge is 2.29. The Morgan fingerprint density at radius 1 is 1.18 bits per heavy atom. The maximum atomic E-state index is 14.3. The lowest BCUT2D eigenvalue weighted by atomic mass is 10.2. The van der Waals surface area contributed by atoms with Crippen molar-refractivity contribution in [2.24, 2.45) is 0 Å². The fourth-order valence-corrected chi connectivity index (χ4v) is 5.19. The van der Waals surface area contributed by atoms with Gasteiger partial charge in [0.2, 0.25) is 5.91 Å². The summed E-state index contributed by atoms with van der Waals surface area (Å²) in [5.74, 6) is -1.36. The van der Waals surface area contributed by atoms with Gasteiger partial charge in [-0.15, -0.1) is 11.3 Å². The van der Waals surface area contributed by atoms with Gasteiger partial charge in [0, 0.05) is 10.7 Å². The molecule has 9 heteroatoms. The lowest BCUT2D eigenvalue weighted by Crippen LogP contribution is -2.38. The zero-order valence-electron chi connectivity index (χ0n) is 14.7. The second kappa shape index (κ2) is 8.30. The fraction of sp³-hybridized carbons (Fsp3) is 0.105. The third-order valence-corrected chi connectivity index (χ3v) is 7.44. The van der Waals surface area contributed by atoms with Gasteiger partial charge in [-0.1, -0.05) is 35.9 Å². The zero-order chi connectivity index (χ0) is 20.3. The first-order valence-corrected chi connectivity index (χ1v) is 10.9. The molecule has 0 spiro atoms. The van der Waals surface area contributed by atoms with Crippen molar-refractivity contribution in [3.63, 3.8) is 0 Å². The molecule has 0 saturated heterocycles. The van der Waals surface area contributed by atoms with Crippen LogP contribution in [0.15, 0.2) is 64.2 Å². The van der Waals surface area contributed by atoms with Crippen LogP contribution in [0.5, 0.6) is 0 Å². The third kappa shape index (κ3) is 4.35. The maximum Gasteiger partial charge on any atom is 0.274 e. The van der Waals surface area contributed by atoms with Crippen molar-refractivity contribution in [1.82, 2.24) is 0 Å². The predicted octanol–water partition coefficient (Wildman–Crippen LogP) is 4.68. The van der Waals surface area contributed by atoms with E-state index in [0.29, 0.717) is 10.7 Å². The van der Waals surface area contributed by atoms with Crippen LogP contribution in [0.25, 0.3) is 0 Å². The van der Waals surface area contributed by atoms with Crippen molar-refractivity contribution in [3.05, 3.63) is 76.4 Å². The maximum absolute atomic E-state index is 14.3. The van der Waals surface area contributed by atoms with Crippen LogP contribution in [-0.4, -0.2) is 20.9 Å². The van der Waals surface area contributed by atoms with E-state index in [1.54, 1.807) is 29.6 Å². The molecule has 0 radical (unpaired) electrons. The molecule has 1 amide bonds. The van der Waals surface area contributed by atoms with E-state index in [4.69, 9.17) is 11.6 Å². The number of nitrogens with zero attached hydrogens (tertiary/aromatic N) is 1. The van der Waals surface area contributed by atoms with Gasteiger partial charge in [-0.2, -0.15) is 0 Å². The highest BCUT2D eigenvalue weighted by molar-refractivity contribution is 7.94. The van der Waals surface area contributed by atoms with Gasteiger partial charge < -0.3 is 5.32 Å². The molecule has 5 nitrogen and oxygen atoms in total. The van der Waals surface area contributed by atoms with Crippen LogP contribution >= 0.6 is 22.9 Å². The summed E-state index contributed by atoms with van der Waals surface area (Å²) in [6.45, 7) is 1.23. The summed E-state index contributed by atoms with van der Waals surface area (Å²) in [6, 6.07) is 13.3. The smallest absolute Gasteiger partial charge is 0.274 e. The summed E-state index contributed by atoms with van der Waals surface area (Å²) in [4.78, 5) is 12.5. The molecule has 3 aromatic rings. The van der Waals surface area contributed by atoms with Gasteiger partial charge in [0.1, 0.15) is 16.6 Å². The molecule has 1 aromatic heterocycles. The Kier molecular flexibility index (Phi) is 6.02. The number of nitrogens with one attached hydrogen (secondary N) is 1. The van der Waals surface area contributed by atoms with Crippen molar-refractivity contribution in [1.29, 1.82) is 0 Å². The number of rotatable bonds is 6. The monoisotopic (exact) mass is 438 g/mol. The molecule has 28 heavy (non-hydrogen) atoms. The number of carbonyl (C=O) groups excluding carboxylic acids is 1. The molecular formula is C19H16ClFN2O3S2. The van der Waals surface area contributed by atoms with Crippen LogP contribution < -0.4 is 9.62 Å². The highest BCUT2D eigenvalue weighted by Crippen LogP contribution is 2.28. The Bertz CT molecular complexity index is 1100. The Labute approximate surface area is 171 Å². The van der Waals surface area contributed by atoms with E-state index in [1.165, 1.54) is 24.3 Å². The van der Waals surface area contributed by atoms with Crippen LogP contribution in [-0.2, 0) is 14.8 Å². The molecule has 0 aliphatic heterocycles. The Balaban J connectivity index is 1.92. The molecule has 0 aliphatic carbocycles. The normalized spacial score (nSPS) is 11.2. The predicted molar refractivity (Wildman–Crippen MR) is 110 cm³/mol. The quantitative estimate of drug-likeness (QED) is 0.607. The molecular weight excluding hydrogens is 423 g/mol. The van der Waals surface area contributed by atoms with Crippen LogP contribution in [0.4, 0.5) is 15.8 Å². The summed E-state index contributed by atoms with van der Waals surface area (Å²) < 4.78 is 41.1. The number of amides is 1. The highest BCUT2D eigenvalue weighted by atomic mass is 35.5. The molecule has 3 rings (SSSR count). The van der Waals surface area contributed by atoms with Crippen molar-refractivity contribution < 1.29 is 17.6 Å². The van der Waals surface area contributed by atoms with E-state index in [-0.39, 0.29) is 9.90 Å². The molecule has 146 valence electrons. The van der Waals surface area contributed by atoms with Gasteiger partial charge in [-0.3, -0.25) is 9.10 Å². The van der Waals surface area contributed by atoms with Gasteiger partial charge in [-0.05, 0) is 48.2 Å². The summed E-state index contributed by atoms with van der Waals surface area (Å²) in [6.07, 6.45) is 0. The van der Waals surface area contributed by atoms with Gasteiger partial charge in [0.15, 0.2) is 0 Å². The van der Waals surface area contributed by atoms with E-state index in [1.807, 2.05) is 6.92 Å². The molecule has 1 N–H and O–H groups in total. The van der Waals surface area contributed by atoms with E-state index >= 15 is 0 Å². The van der Waals surface area contributed by atoms with Crippen LogP contribution in [0.1, 0.15) is 5.56 Å². The van der Waals surface area contributed by atoms with Crippen molar-refractivity contribution in [3.8, 4) is 0 Å². The number of aryl methyl sites for hydroxylation is 1. The van der Waals surface area contributed by atoms with E-state index in [2.05, 4.69) is 5.32 Å². The largest absolute Gasteiger partial charge is 0.324 e. The number of benzene rings is 2. The number of para-hydroxylation sites is 1. The van der Waals surface area contributed by atoms with Crippen molar-refractivity contribution in [2.45, 2.75) is 11.1 Å². The summed E-state index contributed by atoms with van der Waals surface area (Å²) >= 11 is 7.05. The first-order valence-electron chi connectivity index (χ1n) is 8.16. The number of hydrogen-bond acceptors (Lipinski definition) is 4. The molecule has 0 saturated carbocycles. The topological polar surface area (TPSA) is 66.5 Å². The Hall–Kier alpha value is -2.42. The standard InChI is InChI=1S/C19H16ClFN2O3S2/c1-13-8-9-14(11-15(13)20)22-18(24)12-23(17-6-3-2-5-16(17)21)28(25,26)19-7-4-10-27-19/h2-11H,12H2,1H3,(H,22,24). The van der Waals surface area contributed by atoms with Crippen molar-refractivity contribution >= 4 is 50.2 Å². The molecule has 0 atom stereocenters. The molecule has 0 aliphatic rings. The minimum Gasteiger partial charge on any atom is -0.324 e. The molecule has 0 unspecified atom stereocenters. The second-order valence-corrected chi connectivity index (χ2v) is 9.35. The summed E-state index contributed by atoms with van der Waals surface area (Å²) in [5, 5.41) is 4.66. The van der Waals surface area contributed by atoms with Gasteiger partial charge in [-0.25, -0.2) is 12.8 Å². The average Bonchev–Trinajstić information content (AvgIpc) is 3.19. The molecule has 0 fully saturated rings. The lowest BCUT2D eigenvalue weighted by molar-refractivity contribution is -0.114. The first kappa shape index (κ1) is 20.3. The Morgan fingerprint density at radius 3 is 2.57 bits per heavy atom. The van der Waals surface area contributed by atoms with Crippen molar-refractivity contribution in [2.75, 3.05) is 16.2 Å². The van der Waals surface area contributed by atoms with Crippen LogP contribution in [0.3, 0.4) is 0 Å². The fourth-order valence-electron chi connectivity index (χ4n) is 2.47. The molecule has 1 heterocycles. The second-order valence-electron chi connectivity index (χ2n) is 5.91. The number of halogens is 2.